The number of aromatic amines is 1. The van der Waals surface area contributed by atoms with Crippen LogP contribution in [-0.4, -0.2) is 27.5 Å². The molecule has 1 N–H and O–H groups in total. The van der Waals surface area contributed by atoms with Crippen LogP contribution >= 0.6 is 0 Å². The Bertz CT molecular complexity index is 385. The molecule has 0 atom stereocenters. The highest BCUT2D eigenvalue weighted by atomic mass is 16.6. The third-order valence-electron chi connectivity index (χ3n) is 1.70. The van der Waals surface area contributed by atoms with E-state index < -0.39 is 10.9 Å². The number of nitrogens with one attached hydrogen (secondary N) is 1. The third kappa shape index (κ3) is 3.04. The van der Waals surface area contributed by atoms with Gasteiger partial charge in [-0.15, -0.1) is 0 Å². The summed E-state index contributed by atoms with van der Waals surface area (Å²) in [6, 6.07) is 0. The Hall–Kier alpha value is -1.92. The van der Waals surface area contributed by atoms with Crippen molar-refractivity contribution in [3.63, 3.8) is 0 Å². The summed E-state index contributed by atoms with van der Waals surface area (Å²) in [4.78, 5) is 27.0. The number of hydrogen-bond acceptors (Lipinski definition) is 5. The number of ether oxygens (including phenoxy) is 1. The largest absolute Gasteiger partial charge is 0.465 e. The van der Waals surface area contributed by atoms with Crippen LogP contribution in [0.25, 0.3) is 0 Å². The van der Waals surface area contributed by atoms with Crippen molar-refractivity contribution in [1.29, 1.82) is 0 Å². The van der Waals surface area contributed by atoms with E-state index in [2.05, 4.69) is 14.7 Å². The molecule has 1 aromatic heterocycles. The predicted octanol–water partition coefficient (Wildman–Crippen LogP) is 0.732. The summed E-state index contributed by atoms with van der Waals surface area (Å²) in [6.07, 6.45) is 0.236. The van der Waals surface area contributed by atoms with Crippen molar-refractivity contribution >= 4 is 11.8 Å². The zero-order valence-corrected chi connectivity index (χ0v) is 8.44. The number of carbonyl (C=O) groups is 1. The second kappa shape index (κ2) is 4.54. The van der Waals surface area contributed by atoms with Crippen molar-refractivity contribution in [3.8, 4) is 0 Å². The number of aryl methyl sites for hydroxylation is 1. The number of nitrogens with zero attached hydrogens (tertiary/aromatic N) is 2. The Balaban J connectivity index is 2.67. The van der Waals surface area contributed by atoms with Crippen LogP contribution in [0.5, 0.6) is 0 Å². The number of hydrogen-bond donors (Lipinski definition) is 1. The van der Waals surface area contributed by atoms with E-state index in [1.165, 1.54) is 6.92 Å². The lowest BCUT2D eigenvalue weighted by Gasteiger charge is -1.99. The lowest BCUT2D eigenvalue weighted by Crippen LogP contribution is -2.05. The Morgan fingerprint density at radius 2 is 2.33 bits per heavy atom. The Morgan fingerprint density at radius 3 is 2.87 bits per heavy atom. The van der Waals surface area contributed by atoms with E-state index in [1.54, 1.807) is 6.92 Å². The molecule has 1 heterocycles. The van der Waals surface area contributed by atoms with Gasteiger partial charge in [0.25, 0.3) is 0 Å². The summed E-state index contributed by atoms with van der Waals surface area (Å²) >= 11 is 0. The molecule has 0 radical (unpaired) electrons. The van der Waals surface area contributed by atoms with Crippen molar-refractivity contribution in [1.82, 2.24) is 9.97 Å². The van der Waals surface area contributed by atoms with Gasteiger partial charge in [0.05, 0.1) is 6.61 Å². The summed E-state index contributed by atoms with van der Waals surface area (Å²) in [5, 5.41) is 10.6. The average Bonchev–Trinajstić information content (AvgIpc) is 2.46. The number of rotatable bonds is 4. The molecule has 0 aromatic carbocycles. The van der Waals surface area contributed by atoms with Crippen molar-refractivity contribution in [2.45, 2.75) is 20.3 Å². The zero-order valence-electron chi connectivity index (χ0n) is 8.44. The number of nitro groups is 1. The molecule has 7 heteroatoms. The summed E-state index contributed by atoms with van der Waals surface area (Å²) < 4.78 is 4.67. The summed E-state index contributed by atoms with van der Waals surface area (Å²) in [6.45, 7) is 3.01. The normalized spacial score (nSPS) is 10.0. The molecule has 0 aliphatic carbocycles. The van der Waals surface area contributed by atoms with Crippen molar-refractivity contribution in [2.75, 3.05) is 6.61 Å². The highest BCUT2D eigenvalue weighted by molar-refractivity contribution is 5.65. The first-order valence-corrected chi connectivity index (χ1v) is 4.34. The highest BCUT2D eigenvalue weighted by Gasteiger charge is 2.17. The standard InChI is InChI=1S/C8H11N3O4/c1-5-9-7(3-4-15-6(2)12)8(10-5)11(13)14/h3-4H2,1-2H3,(H,9,10). The quantitative estimate of drug-likeness (QED) is 0.451. The maximum atomic E-state index is 10.6. The minimum Gasteiger partial charge on any atom is -0.465 e. The van der Waals surface area contributed by atoms with Gasteiger partial charge in [-0.2, -0.15) is 0 Å². The van der Waals surface area contributed by atoms with Crippen molar-refractivity contribution in [2.24, 2.45) is 0 Å². The van der Waals surface area contributed by atoms with Crippen LogP contribution in [0.1, 0.15) is 18.4 Å². The van der Waals surface area contributed by atoms with Crippen molar-refractivity contribution < 1.29 is 14.5 Å². The molecule has 0 aliphatic heterocycles. The molecule has 0 bridgehead atoms. The molecule has 82 valence electrons. The SMILES string of the molecule is CC(=O)OCCc1nc(C)[nH]c1[N+](=O)[O-]. The first-order valence-electron chi connectivity index (χ1n) is 4.34. The van der Waals surface area contributed by atoms with E-state index in [0.29, 0.717) is 11.5 Å². The van der Waals surface area contributed by atoms with E-state index >= 15 is 0 Å². The van der Waals surface area contributed by atoms with Gasteiger partial charge < -0.3 is 14.9 Å². The molecule has 0 amide bonds. The number of H-pyrrole nitrogens is 1. The first kappa shape index (κ1) is 11.2. The molecule has 0 unspecified atom stereocenters. The summed E-state index contributed by atoms with van der Waals surface area (Å²) in [5.41, 5.74) is 0.304. The molecule has 0 saturated carbocycles. The topological polar surface area (TPSA) is 98.1 Å². The average molecular weight is 213 g/mol. The molecule has 0 saturated heterocycles. The Labute approximate surface area is 85.6 Å². The zero-order chi connectivity index (χ0) is 11.4. The van der Waals surface area contributed by atoms with Crippen LogP contribution in [0.2, 0.25) is 0 Å². The number of esters is 1. The van der Waals surface area contributed by atoms with Gasteiger partial charge in [-0.1, -0.05) is 0 Å². The lowest BCUT2D eigenvalue weighted by atomic mass is 10.3. The van der Waals surface area contributed by atoms with Gasteiger partial charge in [0.2, 0.25) is 0 Å². The van der Waals surface area contributed by atoms with Crippen LogP contribution < -0.4 is 0 Å². The fourth-order valence-electron chi connectivity index (χ4n) is 1.14. The Kier molecular flexibility index (Phi) is 3.37. The van der Waals surface area contributed by atoms with E-state index in [4.69, 9.17) is 0 Å². The molecule has 0 aliphatic rings. The first-order chi connectivity index (χ1) is 7.00. The van der Waals surface area contributed by atoms with Gasteiger partial charge in [-0.25, -0.2) is 9.97 Å². The van der Waals surface area contributed by atoms with Gasteiger partial charge in [-0.3, -0.25) is 4.79 Å². The number of imidazole rings is 1. The third-order valence-corrected chi connectivity index (χ3v) is 1.70. The maximum Gasteiger partial charge on any atom is 0.344 e. The number of aromatic nitrogens is 2. The Morgan fingerprint density at radius 1 is 1.67 bits per heavy atom. The van der Waals surface area contributed by atoms with Crippen LogP contribution in [0.15, 0.2) is 0 Å². The molecule has 0 spiro atoms. The van der Waals surface area contributed by atoms with Gasteiger partial charge in [-0.05, 0) is 4.92 Å². The summed E-state index contributed by atoms with van der Waals surface area (Å²) in [5.74, 6) is -0.0795. The lowest BCUT2D eigenvalue weighted by molar-refractivity contribution is -0.390. The van der Waals surface area contributed by atoms with Gasteiger partial charge in [0.15, 0.2) is 5.82 Å². The minimum absolute atomic E-state index is 0.0977. The van der Waals surface area contributed by atoms with Gasteiger partial charge >= 0.3 is 11.8 Å². The number of carbonyl (C=O) groups excluding carboxylic acids is 1. The smallest absolute Gasteiger partial charge is 0.344 e. The monoisotopic (exact) mass is 213 g/mol. The molecule has 1 aromatic rings. The predicted molar refractivity (Wildman–Crippen MR) is 50.3 cm³/mol. The van der Waals surface area contributed by atoms with E-state index in [9.17, 15) is 14.9 Å². The molecule has 0 fully saturated rings. The molecule has 1 rings (SSSR count). The molecular formula is C8H11N3O4. The van der Waals surface area contributed by atoms with Crippen molar-refractivity contribution in [3.05, 3.63) is 21.6 Å². The minimum atomic E-state index is -0.539. The van der Waals surface area contributed by atoms with E-state index in [-0.39, 0.29) is 18.8 Å². The molecule has 7 nitrogen and oxygen atoms in total. The molecular weight excluding hydrogens is 202 g/mol. The second-order valence-electron chi connectivity index (χ2n) is 2.96. The maximum absolute atomic E-state index is 10.6. The van der Waals surface area contributed by atoms with Gasteiger partial charge in [0.1, 0.15) is 5.69 Å². The van der Waals surface area contributed by atoms with Crippen LogP contribution in [0, 0.1) is 17.0 Å². The van der Waals surface area contributed by atoms with E-state index in [1.807, 2.05) is 0 Å². The highest BCUT2D eigenvalue weighted by Crippen LogP contribution is 2.15. The molecule has 15 heavy (non-hydrogen) atoms. The summed E-state index contributed by atoms with van der Waals surface area (Å²) in [7, 11) is 0. The van der Waals surface area contributed by atoms with Crippen LogP contribution in [0.4, 0.5) is 5.82 Å². The fourth-order valence-corrected chi connectivity index (χ4v) is 1.14. The van der Waals surface area contributed by atoms with Gasteiger partial charge in [0, 0.05) is 20.3 Å². The van der Waals surface area contributed by atoms with E-state index in [0.717, 1.165) is 0 Å². The van der Waals surface area contributed by atoms with Crippen LogP contribution in [0.3, 0.4) is 0 Å². The second-order valence-corrected chi connectivity index (χ2v) is 2.96. The van der Waals surface area contributed by atoms with Crippen LogP contribution in [-0.2, 0) is 16.0 Å². The fraction of sp³-hybridized carbons (Fsp3) is 0.500.